The summed E-state index contributed by atoms with van der Waals surface area (Å²) in [6, 6.07) is 16.2. The van der Waals surface area contributed by atoms with E-state index in [1.54, 1.807) is 31.4 Å². The Morgan fingerprint density at radius 1 is 1.12 bits per heavy atom. The molecule has 0 bridgehead atoms. The monoisotopic (exact) mass is 324 g/mol. The number of hydrogen-bond acceptors (Lipinski definition) is 4. The Kier molecular flexibility index (Phi) is 6.21. The molecule has 0 heterocycles. The minimum absolute atomic E-state index is 0.0709. The fourth-order valence-corrected chi connectivity index (χ4v) is 2.27. The molecule has 24 heavy (non-hydrogen) atoms. The molecule has 0 aromatic heterocycles. The summed E-state index contributed by atoms with van der Waals surface area (Å²) >= 11 is 0. The van der Waals surface area contributed by atoms with Crippen molar-refractivity contribution in [1.82, 2.24) is 5.32 Å². The van der Waals surface area contributed by atoms with Gasteiger partial charge in [-0.1, -0.05) is 19.1 Å². The minimum Gasteiger partial charge on any atom is -0.497 e. The van der Waals surface area contributed by atoms with Crippen molar-refractivity contribution in [2.24, 2.45) is 0 Å². The second kappa shape index (κ2) is 8.59. The highest BCUT2D eigenvalue weighted by Gasteiger charge is 2.13. The van der Waals surface area contributed by atoms with Gasteiger partial charge in [-0.3, -0.25) is 4.79 Å². The van der Waals surface area contributed by atoms with Crippen LogP contribution < -0.4 is 14.8 Å². The Labute approximate surface area is 141 Å². The Morgan fingerprint density at radius 2 is 1.75 bits per heavy atom. The van der Waals surface area contributed by atoms with E-state index in [1.165, 1.54) is 0 Å². The molecule has 1 atom stereocenters. The lowest BCUT2D eigenvalue weighted by atomic mass is 10.0. The van der Waals surface area contributed by atoms with Gasteiger partial charge in [0.05, 0.1) is 24.8 Å². The third kappa shape index (κ3) is 4.75. The van der Waals surface area contributed by atoms with E-state index in [1.807, 2.05) is 37.3 Å². The van der Waals surface area contributed by atoms with Crippen molar-refractivity contribution in [2.45, 2.75) is 19.4 Å². The maximum absolute atomic E-state index is 12.1. The molecular formula is C19H20N2O3. The molecule has 2 aromatic carbocycles. The average molecular weight is 324 g/mol. The Hall–Kier alpha value is -3.00. The van der Waals surface area contributed by atoms with Gasteiger partial charge in [0, 0.05) is 0 Å². The summed E-state index contributed by atoms with van der Waals surface area (Å²) in [6.45, 7) is 1.94. The number of carbonyl (C=O) groups excluding carboxylic acids is 1. The van der Waals surface area contributed by atoms with E-state index in [9.17, 15) is 4.79 Å². The van der Waals surface area contributed by atoms with Crippen LogP contribution in [-0.4, -0.2) is 19.6 Å². The number of benzene rings is 2. The second-order valence-corrected chi connectivity index (χ2v) is 5.23. The molecule has 0 spiro atoms. The van der Waals surface area contributed by atoms with Gasteiger partial charge in [0.2, 0.25) is 0 Å². The number of ether oxygens (including phenoxy) is 2. The molecule has 0 fully saturated rings. The van der Waals surface area contributed by atoms with Gasteiger partial charge >= 0.3 is 0 Å². The van der Waals surface area contributed by atoms with Crippen LogP contribution in [0.5, 0.6) is 11.5 Å². The predicted octanol–water partition coefficient (Wildman–Crippen LogP) is 3.21. The molecule has 0 saturated heterocycles. The SMILES string of the molecule is CC[C@H](NC(=O)COc1ccc(C#N)cc1)c1ccc(OC)cc1. The number of methoxy groups -OCH3 is 1. The molecular weight excluding hydrogens is 304 g/mol. The smallest absolute Gasteiger partial charge is 0.258 e. The molecule has 0 radical (unpaired) electrons. The van der Waals surface area contributed by atoms with Crippen LogP contribution in [0.25, 0.3) is 0 Å². The number of nitrogens with zero attached hydrogens (tertiary/aromatic N) is 1. The standard InChI is InChI=1S/C19H20N2O3/c1-3-18(15-6-10-16(23-2)11-7-15)21-19(22)13-24-17-8-4-14(12-20)5-9-17/h4-11,18H,3,13H2,1-2H3,(H,21,22)/t18-/m0/s1. The molecule has 1 N–H and O–H groups in total. The molecule has 2 aromatic rings. The number of rotatable bonds is 7. The van der Waals surface area contributed by atoms with Crippen molar-refractivity contribution in [3.63, 3.8) is 0 Å². The second-order valence-electron chi connectivity index (χ2n) is 5.23. The highest BCUT2D eigenvalue weighted by atomic mass is 16.5. The molecule has 0 aliphatic carbocycles. The highest BCUT2D eigenvalue weighted by Crippen LogP contribution is 2.20. The summed E-state index contributed by atoms with van der Waals surface area (Å²) in [5.74, 6) is 1.15. The van der Waals surface area contributed by atoms with Gasteiger partial charge in [-0.25, -0.2) is 0 Å². The van der Waals surface area contributed by atoms with Gasteiger partial charge in [-0.05, 0) is 48.4 Å². The fourth-order valence-electron chi connectivity index (χ4n) is 2.27. The lowest BCUT2D eigenvalue weighted by Gasteiger charge is -2.18. The first-order valence-corrected chi connectivity index (χ1v) is 7.72. The van der Waals surface area contributed by atoms with Gasteiger partial charge in [0.1, 0.15) is 11.5 Å². The Balaban J connectivity index is 1.89. The van der Waals surface area contributed by atoms with E-state index in [4.69, 9.17) is 14.7 Å². The first-order valence-electron chi connectivity index (χ1n) is 7.72. The highest BCUT2D eigenvalue weighted by molar-refractivity contribution is 5.78. The normalized spacial score (nSPS) is 11.2. The van der Waals surface area contributed by atoms with E-state index in [0.717, 1.165) is 17.7 Å². The van der Waals surface area contributed by atoms with Crippen molar-refractivity contribution in [3.8, 4) is 17.6 Å². The zero-order valence-electron chi connectivity index (χ0n) is 13.8. The Morgan fingerprint density at radius 3 is 2.29 bits per heavy atom. The minimum atomic E-state index is -0.193. The molecule has 0 aliphatic rings. The van der Waals surface area contributed by atoms with E-state index in [0.29, 0.717) is 11.3 Å². The molecule has 0 saturated carbocycles. The van der Waals surface area contributed by atoms with Gasteiger partial charge in [-0.2, -0.15) is 5.26 Å². The van der Waals surface area contributed by atoms with Crippen LogP contribution in [0, 0.1) is 11.3 Å². The van der Waals surface area contributed by atoms with Crippen LogP contribution in [0.2, 0.25) is 0 Å². The summed E-state index contributed by atoms with van der Waals surface area (Å²) in [4.78, 5) is 12.1. The molecule has 2 rings (SSSR count). The van der Waals surface area contributed by atoms with E-state index >= 15 is 0 Å². The first-order chi connectivity index (χ1) is 11.7. The number of amides is 1. The summed E-state index contributed by atoms with van der Waals surface area (Å²) < 4.78 is 10.6. The van der Waals surface area contributed by atoms with Crippen LogP contribution >= 0.6 is 0 Å². The lowest BCUT2D eigenvalue weighted by Crippen LogP contribution is -2.32. The van der Waals surface area contributed by atoms with Crippen LogP contribution in [0.15, 0.2) is 48.5 Å². The van der Waals surface area contributed by atoms with Crippen LogP contribution in [0.1, 0.15) is 30.5 Å². The van der Waals surface area contributed by atoms with E-state index < -0.39 is 0 Å². The molecule has 124 valence electrons. The van der Waals surface area contributed by atoms with E-state index in [-0.39, 0.29) is 18.6 Å². The van der Waals surface area contributed by atoms with Crippen LogP contribution in [0.3, 0.4) is 0 Å². The van der Waals surface area contributed by atoms with Crippen molar-refractivity contribution < 1.29 is 14.3 Å². The number of nitrogens with one attached hydrogen (secondary N) is 1. The summed E-state index contributed by atoms with van der Waals surface area (Å²) in [7, 11) is 1.62. The number of nitriles is 1. The average Bonchev–Trinajstić information content (AvgIpc) is 2.65. The first kappa shape index (κ1) is 17.4. The van der Waals surface area contributed by atoms with Crippen LogP contribution in [0.4, 0.5) is 0 Å². The molecule has 5 nitrogen and oxygen atoms in total. The quantitative estimate of drug-likeness (QED) is 0.849. The zero-order valence-corrected chi connectivity index (χ0v) is 13.8. The predicted molar refractivity (Wildman–Crippen MR) is 90.8 cm³/mol. The summed E-state index contributed by atoms with van der Waals surface area (Å²) in [5.41, 5.74) is 1.57. The molecule has 5 heteroatoms. The fraction of sp³-hybridized carbons (Fsp3) is 0.263. The Bertz CT molecular complexity index is 703. The third-order valence-electron chi connectivity index (χ3n) is 3.61. The van der Waals surface area contributed by atoms with Crippen molar-refractivity contribution in [3.05, 3.63) is 59.7 Å². The topological polar surface area (TPSA) is 71.3 Å². The summed E-state index contributed by atoms with van der Waals surface area (Å²) in [6.07, 6.45) is 0.773. The van der Waals surface area contributed by atoms with Crippen molar-refractivity contribution in [1.29, 1.82) is 5.26 Å². The van der Waals surface area contributed by atoms with Crippen LogP contribution in [-0.2, 0) is 4.79 Å². The molecule has 1 amide bonds. The van der Waals surface area contributed by atoms with Crippen molar-refractivity contribution in [2.75, 3.05) is 13.7 Å². The number of hydrogen-bond donors (Lipinski definition) is 1. The largest absolute Gasteiger partial charge is 0.497 e. The molecule has 0 unspecified atom stereocenters. The maximum atomic E-state index is 12.1. The summed E-state index contributed by atoms with van der Waals surface area (Å²) in [5, 5.41) is 11.7. The van der Waals surface area contributed by atoms with Gasteiger partial charge < -0.3 is 14.8 Å². The van der Waals surface area contributed by atoms with Crippen molar-refractivity contribution >= 4 is 5.91 Å². The molecule has 0 aliphatic heterocycles. The van der Waals surface area contributed by atoms with Gasteiger partial charge in [0.15, 0.2) is 6.61 Å². The maximum Gasteiger partial charge on any atom is 0.258 e. The number of carbonyl (C=O) groups is 1. The third-order valence-corrected chi connectivity index (χ3v) is 3.61. The van der Waals surface area contributed by atoms with E-state index in [2.05, 4.69) is 5.32 Å². The zero-order chi connectivity index (χ0) is 17.4. The van der Waals surface area contributed by atoms with Gasteiger partial charge in [0.25, 0.3) is 5.91 Å². The van der Waals surface area contributed by atoms with Gasteiger partial charge in [-0.15, -0.1) is 0 Å². The lowest BCUT2D eigenvalue weighted by molar-refractivity contribution is -0.123.